The smallest absolute Gasteiger partial charge is 0.233 e. The Labute approximate surface area is 139 Å². The maximum absolute atomic E-state index is 12.1. The Morgan fingerprint density at radius 2 is 2.39 bits per heavy atom. The minimum atomic E-state index is -0.221. The molecule has 0 bridgehead atoms. The van der Waals surface area contributed by atoms with Crippen molar-refractivity contribution in [2.45, 2.75) is 49.7 Å². The summed E-state index contributed by atoms with van der Waals surface area (Å²) in [4.78, 5) is 12.1. The Bertz CT molecular complexity index is 717. The predicted octanol–water partition coefficient (Wildman–Crippen LogP) is 2.79. The molecule has 1 aliphatic rings. The largest absolute Gasteiger partial charge is 0.469 e. The van der Waals surface area contributed by atoms with E-state index >= 15 is 0 Å². The molecule has 2 heterocycles. The number of aryl methyl sites for hydroxylation is 1. The van der Waals surface area contributed by atoms with E-state index in [1.807, 2.05) is 24.5 Å². The van der Waals surface area contributed by atoms with Crippen LogP contribution in [0, 0.1) is 6.92 Å². The molecular weight excluding hydrogens is 312 g/mol. The van der Waals surface area contributed by atoms with Crippen molar-refractivity contribution in [1.82, 2.24) is 20.1 Å². The van der Waals surface area contributed by atoms with Crippen molar-refractivity contribution in [1.29, 1.82) is 0 Å². The number of hydrogen-bond acceptors (Lipinski definition) is 5. The summed E-state index contributed by atoms with van der Waals surface area (Å²) in [5.41, 5.74) is 0.904. The van der Waals surface area contributed by atoms with E-state index in [1.165, 1.54) is 11.8 Å². The van der Waals surface area contributed by atoms with Gasteiger partial charge in [-0.05, 0) is 32.8 Å². The minimum Gasteiger partial charge on any atom is -0.469 e. The van der Waals surface area contributed by atoms with Crippen LogP contribution in [0.15, 0.2) is 34.6 Å². The van der Waals surface area contributed by atoms with Gasteiger partial charge >= 0.3 is 0 Å². The van der Waals surface area contributed by atoms with Crippen LogP contribution in [0.25, 0.3) is 11.4 Å². The molecule has 2 aromatic rings. The number of rotatable bonds is 7. The highest BCUT2D eigenvalue weighted by atomic mass is 32.2. The Morgan fingerprint density at radius 1 is 1.61 bits per heavy atom. The Balaban J connectivity index is 1.81. The molecule has 0 spiro atoms. The van der Waals surface area contributed by atoms with E-state index in [2.05, 4.69) is 22.1 Å². The molecule has 0 unspecified atom stereocenters. The third-order valence-electron chi connectivity index (χ3n) is 3.70. The number of amides is 1. The van der Waals surface area contributed by atoms with E-state index in [9.17, 15) is 4.79 Å². The lowest BCUT2D eigenvalue weighted by Crippen LogP contribution is -2.32. The quantitative estimate of drug-likeness (QED) is 0.623. The van der Waals surface area contributed by atoms with Crippen molar-refractivity contribution in [2.75, 3.05) is 0 Å². The summed E-state index contributed by atoms with van der Waals surface area (Å²) in [7, 11) is 0. The number of aromatic nitrogens is 3. The van der Waals surface area contributed by atoms with Crippen LogP contribution in [0.5, 0.6) is 0 Å². The molecule has 1 fully saturated rings. The number of furan rings is 1. The van der Waals surface area contributed by atoms with E-state index in [-0.39, 0.29) is 11.2 Å². The summed E-state index contributed by atoms with van der Waals surface area (Å²) in [6.45, 7) is 8.15. The van der Waals surface area contributed by atoms with Crippen LogP contribution in [-0.2, 0) is 11.3 Å². The number of allylic oxidation sites excluding steroid dienone is 1. The lowest BCUT2D eigenvalue weighted by Gasteiger charge is -2.12. The van der Waals surface area contributed by atoms with Gasteiger partial charge in [0.2, 0.25) is 5.91 Å². The van der Waals surface area contributed by atoms with Gasteiger partial charge in [-0.25, -0.2) is 0 Å². The molecule has 3 rings (SSSR count). The molecule has 7 heteroatoms. The highest BCUT2D eigenvalue weighted by molar-refractivity contribution is 8.00. The van der Waals surface area contributed by atoms with Crippen LogP contribution >= 0.6 is 11.8 Å². The van der Waals surface area contributed by atoms with Crippen molar-refractivity contribution in [3.8, 4) is 11.4 Å². The monoisotopic (exact) mass is 332 g/mol. The van der Waals surface area contributed by atoms with Gasteiger partial charge in [-0.1, -0.05) is 17.8 Å². The molecule has 122 valence electrons. The highest BCUT2D eigenvalue weighted by Gasteiger charge is 2.27. The first-order valence-electron chi connectivity index (χ1n) is 7.65. The average molecular weight is 332 g/mol. The average Bonchev–Trinajstić information content (AvgIpc) is 3.11. The SMILES string of the molecule is C=CCn1c(S[C@H](C)C(=O)NC2CC2)nnc1-c1ccoc1C. The maximum atomic E-state index is 12.1. The van der Waals surface area contributed by atoms with Gasteiger partial charge in [0.05, 0.1) is 17.1 Å². The molecule has 1 aliphatic carbocycles. The topological polar surface area (TPSA) is 73.0 Å². The molecule has 2 aromatic heterocycles. The van der Waals surface area contributed by atoms with Crippen molar-refractivity contribution >= 4 is 17.7 Å². The predicted molar refractivity (Wildman–Crippen MR) is 89.1 cm³/mol. The molecule has 0 saturated heterocycles. The summed E-state index contributed by atoms with van der Waals surface area (Å²) >= 11 is 1.41. The van der Waals surface area contributed by atoms with Crippen LogP contribution < -0.4 is 5.32 Å². The number of carbonyl (C=O) groups excluding carboxylic acids is 1. The fourth-order valence-electron chi connectivity index (χ4n) is 2.24. The number of carbonyl (C=O) groups is 1. The van der Waals surface area contributed by atoms with E-state index < -0.39 is 0 Å². The van der Waals surface area contributed by atoms with E-state index in [4.69, 9.17) is 4.42 Å². The Hall–Kier alpha value is -2.02. The highest BCUT2D eigenvalue weighted by Crippen LogP contribution is 2.29. The lowest BCUT2D eigenvalue weighted by atomic mass is 10.2. The minimum absolute atomic E-state index is 0.0479. The summed E-state index contributed by atoms with van der Waals surface area (Å²) < 4.78 is 7.31. The summed E-state index contributed by atoms with van der Waals surface area (Å²) in [5, 5.41) is 12.0. The zero-order chi connectivity index (χ0) is 16.4. The first kappa shape index (κ1) is 15.9. The first-order valence-corrected chi connectivity index (χ1v) is 8.53. The van der Waals surface area contributed by atoms with Crippen LogP contribution in [-0.4, -0.2) is 32.0 Å². The van der Waals surface area contributed by atoms with Gasteiger partial charge in [0.15, 0.2) is 11.0 Å². The summed E-state index contributed by atoms with van der Waals surface area (Å²) in [6.07, 6.45) is 5.59. The van der Waals surface area contributed by atoms with E-state index in [0.29, 0.717) is 17.7 Å². The van der Waals surface area contributed by atoms with E-state index in [0.717, 1.165) is 30.0 Å². The fourth-order valence-corrected chi connectivity index (χ4v) is 3.11. The van der Waals surface area contributed by atoms with Crippen molar-refractivity contribution in [2.24, 2.45) is 0 Å². The molecule has 1 N–H and O–H groups in total. The first-order chi connectivity index (χ1) is 11.1. The van der Waals surface area contributed by atoms with Gasteiger partial charge in [0.25, 0.3) is 0 Å². The number of hydrogen-bond donors (Lipinski definition) is 1. The second-order valence-corrected chi connectivity index (χ2v) is 6.95. The van der Waals surface area contributed by atoms with Crippen LogP contribution in [0.1, 0.15) is 25.5 Å². The van der Waals surface area contributed by atoms with Crippen molar-refractivity contribution in [3.05, 3.63) is 30.7 Å². The third kappa shape index (κ3) is 3.50. The van der Waals surface area contributed by atoms with Gasteiger partial charge in [-0.2, -0.15) is 0 Å². The molecule has 23 heavy (non-hydrogen) atoms. The molecule has 0 radical (unpaired) electrons. The molecule has 1 saturated carbocycles. The van der Waals surface area contributed by atoms with Crippen molar-refractivity contribution in [3.63, 3.8) is 0 Å². The maximum Gasteiger partial charge on any atom is 0.233 e. The number of thioether (sulfide) groups is 1. The summed E-state index contributed by atoms with van der Waals surface area (Å²) in [5.74, 6) is 1.57. The normalized spacial score (nSPS) is 15.4. The molecule has 0 aliphatic heterocycles. The molecule has 6 nitrogen and oxygen atoms in total. The van der Waals surface area contributed by atoms with Crippen LogP contribution in [0.2, 0.25) is 0 Å². The zero-order valence-electron chi connectivity index (χ0n) is 13.3. The molecule has 0 aromatic carbocycles. The zero-order valence-corrected chi connectivity index (χ0v) is 14.1. The van der Waals surface area contributed by atoms with Crippen molar-refractivity contribution < 1.29 is 9.21 Å². The van der Waals surface area contributed by atoms with Crippen LogP contribution in [0.4, 0.5) is 0 Å². The van der Waals surface area contributed by atoms with Gasteiger partial charge in [-0.15, -0.1) is 16.8 Å². The standard InChI is InChI=1S/C16H20N4O2S/c1-4-8-20-14(13-7-9-22-10(13)2)18-19-16(20)23-11(3)15(21)17-12-5-6-12/h4,7,9,11-12H,1,5-6,8H2,2-3H3,(H,17,21)/t11-/m1/s1. The van der Waals surface area contributed by atoms with E-state index in [1.54, 1.807) is 12.3 Å². The third-order valence-corrected chi connectivity index (χ3v) is 4.78. The Kier molecular flexibility index (Phi) is 4.56. The molecule has 1 amide bonds. The summed E-state index contributed by atoms with van der Waals surface area (Å²) in [6, 6.07) is 2.23. The van der Waals surface area contributed by atoms with Gasteiger partial charge in [0.1, 0.15) is 5.76 Å². The number of nitrogens with one attached hydrogen (secondary N) is 1. The second kappa shape index (κ2) is 6.62. The molecular formula is C16H20N4O2S. The van der Waals surface area contributed by atoms with Gasteiger partial charge < -0.3 is 9.73 Å². The molecule has 1 atom stereocenters. The lowest BCUT2D eigenvalue weighted by molar-refractivity contribution is -0.120. The van der Waals surface area contributed by atoms with Gasteiger partial charge in [-0.3, -0.25) is 9.36 Å². The second-order valence-electron chi connectivity index (χ2n) is 5.64. The fraction of sp³-hybridized carbons (Fsp3) is 0.438. The van der Waals surface area contributed by atoms with Crippen LogP contribution in [0.3, 0.4) is 0 Å². The van der Waals surface area contributed by atoms with Gasteiger partial charge in [0, 0.05) is 12.6 Å². The Morgan fingerprint density at radius 3 is 3.00 bits per heavy atom. The number of nitrogens with zero attached hydrogens (tertiary/aromatic N) is 3.